The van der Waals surface area contributed by atoms with Crippen LogP contribution in [0.15, 0.2) is 54.9 Å². The Hall–Kier alpha value is -2.29. The number of rotatable bonds is 2. The number of hydrogen-bond donors (Lipinski definition) is 0. The fourth-order valence-electron chi connectivity index (χ4n) is 2.08. The Bertz CT molecular complexity index is 666. The normalized spacial score (nSPS) is 10.8. The molecule has 0 amide bonds. The zero-order valence-corrected chi connectivity index (χ0v) is 10.5. The number of hydrogen-bond acceptors (Lipinski definition) is 2. The first-order valence-corrected chi connectivity index (χ1v) is 5.95. The zero-order chi connectivity index (χ0) is 12.5. The Balaban J connectivity index is 2.09. The van der Waals surface area contributed by atoms with Crippen molar-refractivity contribution in [2.75, 3.05) is 19.0 Å². The summed E-state index contributed by atoms with van der Waals surface area (Å²) in [5.41, 5.74) is 4.49. The van der Waals surface area contributed by atoms with E-state index in [2.05, 4.69) is 44.8 Å². The van der Waals surface area contributed by atoms with Crippen LogP contribution in [0.4, 0.5) is 5.69 Å². The largest absolute Gasteiger partial charge is 0.378 e. The predicted molar refractivity (Wildman–Crippen MR) is 75.4 cm³/mol. The van der Waals surface area contributed by atoms with Crippen LogP contribution in [0.5, 0.6) is 0 Å². The van der Waals surface area contributed by atoms with Crippen LogP contribution in [0.3, 0.4) is 0 Å². The second kappa shape index (κ2) is 4.18. The standard InChI is InChI=1S/C15H15N3/c1-17(2)12-7-9-13(10-8-12)18-11-16-14-5-3-4-6-15(14)18/h3-11H,1-2H3. The smallest absolute Gasteiger partial charge is 0.100 e. The van der Waals surface area contributed by atoms with Crippen LogP contribution >= 0.6 is 0 Å². The van der Waals surface area contributed by atoms with Gasteiger partial charge in [0.05, 0.1) is 11.0 Å². The van der Waals surface area contributed by atoms with Crippen LogP contribution in [0, 0.1) is 0 Å². The van der Waals surface area contributed by atoms with Gasteiger partial charge in [-0.05, 0) is 36.4 Å². The summed E-state index contributed by atoms with van der Waals surface area (Å²) in [6, 6.07) is 16.6. The fourth-order valence-corrected chi connectivity index (χ4v) is 2.08. The van der Waals surface area contributed by atoms with Crippen molar-refractivity contribution in [1.29, 1.82) is 0 Å². The Kier molecular flexibility index (Phi) is 2.52. The third kappa shape index (κ3) is 1.74. The summed E-state index contributed by atoms with van der Waals surface area (Å²) in [6.07, 6.45) is 1.87. The van der Waals surface area contributed by atoms with Gasteiger partial charge < -0.3 is 4.90 Å². The molecule has 0 aliphatic heterocycles. The summed E-state index contributed by atoms with van der Waals surface area (Å²) in [7, 11) is 4.09. The molecule has 18 heavy (non-hydrogen) atoms. The molecule has 1 aromatic heterocycles. The van der Waals surface area contributed by atoms with Gasteiger partial charge in [-0.25, -0.2) is 4.98 Å². The van der Waals surface area contributed by atoms with Gasteiger partial charge in [0.1, 0.15) is 6.33 Å². The lowest BCUT2D eigenvalue weighted by atomic mass is 10.2. The summed E-state index contributed by atoms with van der Waals surface area (Å²) in [5, 5.41) is 0. The number of aromatic nitrogens is 2. The second-order valence-corrected chi connectivity index (χ2v) is 4.51. The van der Waals surface area contributed by atoms with E-state index < -0.39 is 0 Å². The molecule has 90 valence electrons. The van der Waals surface area contributed by atoms with Crippen molar-refractivity contribution in [1.82, 2.24) is 9.55 Å². The Labute approximate surface area is 106 Å². The molecular weight excluding hydrogens is 222 g/mol. The number of fused-ring (bicyclic) bond motifs is 1. The molecule has 3 heteroatoms. The minimum absolute atomic E-state index is 1.02. The maximum Gasteiger partial charge on any atom is 0.100 e. The van der Waals surface area contributed by atoms with Gasteiger partial charge in [0.15, 0.2) is 0 Å². The maximum absolute atomic E-state index is 4.41. The van der Waals surface area contributed by atoms with Gasteiger partial charge in [-0.1, -0.05) is 12.1 Å². The lowest BCUT2D eigenvalue weighted by molar-refractivity contribution is 1.08. The average Bonchev–Trinajstić information content (AvgIpc) is 2.82. The van der Waals surface area contributed by atoms with Crippen LogP contribution in [0.2, 0.25) is 0 Å². The highest BCUT2D eigenvalue weighted by Crippen LogP contribution is 2.20. The highest BCUT2D eigenvalue weighted by molar-refractivity contribution is 5.77. The number of para-hydroxylation sites is 2. The van der Waals surface area contributed by atoms with E-state index in [1.807, 2.05) is 38.6 Å². The van der Waals surface area contributed by atoms with Crippen molar-refractivity contribution in [3.8, 4) is 5.69 Å². The zero-order valence-electron chi connectivity index (χ0n) is 10.5. The van der Waals surface area contributed by atoms with Gasteiger partial charge in [0, 0.05) is 25.5 Å². The van der Waals surface area contributed by atoms with Crippen molar-refractivity contribution in [2.24, 2.45) is 0 Å². The molecule has 0 radical (unpaired) electrons. The molecule has 0 N–H and O–H groups in total. The molecule has 0 aliphatic carbocycles. The van der Waals surface area contributed by atoms with E-state index >= 15 is 0 Å². The lowest BCUT2D eigenvalue weighted by Crippen LogP contribution is -2.08. The van der Waals surface area contributed by atoms with Crippen LogP contribution in [-0.2, 0) is 0 Å². The Morgan fingerprint density at radius 1 is 0.944 bits per heavy atom. The van der Waals surface area contributed by atoms with Crippen LogP contribution in [0.1, 0.15) is 0 Å². The number of benzene rings is 2. The fraction of sp³-hybridized carbons (Fsp3) is 0.133. The third-order valence-electron chi connectivity index (χ3n) is 3.10. The number of nitrogens with zero attached hydrogens (tertiary/aromatic N) is 3. The van der Waals surface area contributed by atoms with Crippen molar-refractivity contribution in [2.45, 2.75) is 0 Å². The van der Waals surface area contributed by atoms with Gasteiger partial charge in [-0.3, -0.25) is 4.57 Å². The first-order valence-electron chi connectivity index (χ1n) is 5.95. The summed E-state index contributed by atoms with van der Waals surface area (Å²) in [4.78, 5) is 6.50. The molecule has 0 bridgehead atoms. The third-order valence-corrected chi connectivity index (χ3v) is 3.10. The molecule has 0 saturated carbocycles. The number of anilines is 1. The monoisotopic (exact) mass is 237 g/mol. The summed E-state index contributed by atoms with van der Waals surface area (Å²) < 4.78 is 2.11. The molecule has 0 saturated heterocycles. The van der Waals surface area contributed by atoms with Crippen molar-refractivity contribution in [3.63, 3.8) is 0 Å². The quantitative estimate of drug-likeness (QED) is 0.683. The van der Waals surface area contributed by atoms with Gasteiger partial charge in [-0.15, -0.1) is 0 Å². The van der Waals surface area contributed by atoms with Crippen LogP contribution in [-0.4, -0.2) is 23.6 Å². The minimum atomic E-state index is 1.02. The molecule has 0 spiro atoms. The summed E-state index contributed by atoms with van der Waals surface area (Å²) >= 11 is 0. The first kappa shape index (κ1) is 10.8. The summed E-state index contributed by atoms with van der Waals surface area (Å²) in [5.74, 6) is 0. The summed E-state index contributed by atoms with van der Waals surface area (Å²) in [6.45, 7) is 0. The van der Waals surface area contributed by atoms with Gasteiger partial charge in [-0.2, -0.15) is 0 Å². The molecule has 1 heterocycles. The average molecular weight is 237 g/mol. The maximum atomic E-state index is 4.41. The van der Waals surface area contributed by atoms with E-state index in [0.717, 1.165) is 16.7 Å². The van der Waals surface area contributed by atoms with E-state index in [1.165, 1.54) is 5.69 Å². The van der Waals surface area contributed by atoms with Crippen molar-refractivity contribution >= 4 is 16.7 Å². The van der Waals surface area contributed by atoms with Crippen LogP contribution in [0.25, 0.3) is 16.7 Å². The molecule has 0 unspecified atom stereocenters. The molecule has 0 fully saturated rings. The van der Waals surface area contributed by atoms with Crippen molar-refractivity contribution < 1.29 is 0 Å². The molecule has 3 aromatic rings. The van der Waals surface area contributed by atoms with E-state index in [0.29, 0.717) is 0 Å². The second-order valence-electron chi connectivity index (χ2n) is 4.51. The lowest BCUT2D eigenvalue weighted by Gasteiger charge is -2.13. The van der Waals surface area contributed by atoms with E-state index in [-0.39, 0.29) is 0 Å². The van der Waals surface area contributed by atoms with Crippen molar-refractivity contribution in [3.05, 3.63) is 54.9 Å². The highest BCUT2D eigenvalue weighted by atomic mass is 15.1. The van der Waals surface area contributed by atoms with E-state index in [1.54, 1.807) is 0 Å². The number of imidazole rings is 1. The molecular formula is C15H15N3. The minimum Gasteiger partial charge on any atom is -0.378 e. The van der Waals surface area contributed by atoms with E-state index in [9.17, 15) is 0 Å². The Morgan fingerprint density at radius 2 is 1.67 bits per heavy atom. The van der Waals surface area contributed by atoms with Gasteiger partial charge in [0.2, 0.25) is 0 Å². The molecule has 0 aliphatic rings. The van der Waals surface area contributed by atoms with Gasteiger partial charge >= 0.3 is 0 Å². The van der Waals surface area contributed by atoms with Crippen LogP contribution < -0.4 is 4.90 Å². The van der Waals surface area contributed by atoms with Gasteiger partial charge in [0.25, 0.3) is 0 Å². The highest BCUT2D eigenvalue weighted by Gasteiger charge is 2.03. The molecule has 0 atom stereocenters. The van der Waals surface area contributed by atoms with E-state index in [4.69, 9.17) is 0 Å². The Morgan fingerprint density at radius 3 is 2.39 bits per heavy atom. The predicted octanol–water partition coefficient (Wildman–Crippen LogP) is 3.09. The first-order chi connectivity index (χ1) is 8.75. The molecule has 2 aromatic carbocycles. The topological polar surface area (TPSA) is 21.1 Å². The molecule has 3 nitrogen and oxygen atoms in total. The SMILES string of the molecule is CN(C)c1ccc(-n2cnc3ccccc32)cc1. The molecule has 3 rings (SSSR count).